The zero-order chi connectivity index (χ0) is 13.8. The number of para-hydroxylation sites is 1. The van der Waals surface area contributed by atoms with Crippen LogP contribution in [0.1, 0.15) is 31.9 Å². The van der Waals surface area contributed by atoms with Gasteiger partial charge in [-0.05, 0) is 18.4 Å². The van der Waals surface area contributed by atoms with Crippen molar-refractivity contribution in [2.75, 3.05) is 26.2 Å². The second-order valence-corrected chi connectivity index (χ2v) is 5.61. The van der Waals surface area contributed by atoms with Gasteiger partial charge in [-0.25, -0.2) is 4.39 Å². The second kappa shape index (κ2) is 6.35. The van der Waals surface area contributed by atoms with Crippen LogP contribution in [0.2, 0.25) is 0 Å². The molecule has 0 radical (unpaired) electrons. The molecule has 1 aromatic carbocycles. The molecule has 0 unspecified atom stereocenters. The molecule has 1 atom stereocenters. The number of phenolic OH excluding ortho intramolecular Hbond substituents is 1. The van der Waals surface area contributed by atoms with Crippen LogP contribution in [0, 0.1) is 11.7 Å². The lowest BCUT2D eigenvalue weighted by Gasteiger charge is -2.36. The molecule has 1 heterocycles. The topological polar surface area (TPSA) is 35.5 Å². The van der Waals surface area contributed by atoms with Gasteiger partial charge in [-0.2, -0.15) is 0 Å². The molecule has 2 N–H and O–H groups in total. The van der Waals surface area contributed by atoms with E-state index in [2.05, 4.69) is 24.1 Å². The molecule has 1 aliphatic rings. The Kier molecular flexibility index (Phi) is 4.77. The van der Waals surface area contributed by atoms with Crippen LogP contribution >= 0.6 is 0 Å². The number of hydrogen-bond acceptors (Lipinski definition) is 3. The van der Waals surface area contributed by atoms with E-state index >= 15 is 0 Å². The molecule has 19 heavy (non-hydrogen) atoms. The van der Waals surface area contributed by atoms with Crippen molar-refractivity contribution in [3.8, 4) is 5.75 Å². The summed E-state index contributed by atoms with van der Waals surface area (Å²) in [6.45, 7) is 8.09. The molecule has 0 aromatic heterocycles. The van der Waals surface area contributed by atoms with Gasteiger partial charge in [-0.3, -0.25) is 4.90 Å². The fraction of sp³-hybridized carbons (Fsp3) is 0.600. The molecule has 1 aliphatic heterocycles. The average Bonchev–Trinajstić information content (AvgIpc) is 2.40. The SMILES string of the molecule is CC(C)C[C@@H](c1cccc(F)c1O)N1CCNCC1. The predicted molar refractivity (Wildman–Crippen MR) is 74.7 cm³/mol. The third-order valence-electron chi connectivity index (χ3n) is 3.66. The quantitative estimate of drug-likeness (QED) is 0.879. The first-order chi connectivity index (χ1) is 9.09. The Labute approximate surface area is 114 Å². The molecule has 0 saturated carbocycles. The van der Waals surface area contributed by atoms with Gasteiger partial charge in [0.2, 0.25) is 0 Å². The van der Waals surface area contributed by atoms with Crippen LogP contribution in [-0.4, -0.2) is 36.2 Å². The van der Waals surface area contributed by atoms with Crippen molar-refractivity contribution in [1.82, 2.24) is 10.2 Å². The fourth-order valence-corrected chi connectivity index (χ4v) is 2.71. The molecule has 0 spiro atoms. The Morgan fingerprint density at radius 1 is 1.32 bits per heavy atom. The molecule has 1 saturated heterocycles. The number of rotatable bonds is 4. The monoisotopic (exact) mass is 266 g/mol. The van der Waals surface area contributed by atoms with Gasteiger partial charge in [0, 0.05) is 37.8 Å². The molecule has 3 nitrogen and oxygen atoms in total. The Bertz CT molecular complexity index is 417. The van der Waals surface area contributed by atoms with E-state index in [1.807, 2.05) is 6.07 Å². The van der Waals surface area contributed by atoms with E-state index in [-0.39, 0.29) is 11.8 Å². The first kappa shape index (κ1) is 14.3. The van der Waals surface area contributed by atoms with Crippen LogP contribution in [0.4, 0.5) is 4.39 Å². The fourth-order valence-electron chi connectivity index (χ4n) is 2.71. The molecule has 106 valence electrons. The smallest absolute Gasteiger partial charge is 0.165 e. The molecule has 0 bridgehead atoms. The van der Waals surface area contributed by atoms with E-state index in [4.69, 9.17) is 0 Å². The third-order valence-corrected chi connectivity index (χ3v) is 3.66. The van der Waals surface area contributed by atoms with Gasteiger partial charge in [0.15, 0.2) is 11.6 Å². The Morgan fingerprint density at radius 2 is 2.00 bits per heavy atom. The van der Waals surface area contributed by atoms with E-state index in [1.54, 1.807) is 6.07 Å². The molecular formula is C15H23FN2O. The lowest BCUT2D eigenvalue weighted by Crippen LogP contribution is -2.45. The summed E-state index contributed by atoms with van der Waals surface area (Å²) in [5, 5.41) is 13.3. The lowest BCUT2D eigenvalue weighted by atomic mass is 9.94. The highest BCUT2D eigenvalue weighted by Crippen LogP contribution is 2.34. The summed E-state index contributed by atoms with van der Waals surface area (Å²) in [6, 6.07) is 4.92. The van der Waals surface area contributed by atoms with Gasteiger partial charge in [0.05, 0.1) is 0 Å². The molecule has 4 heteroatoms. The number of aromatic hydroxyl groups is 1. The number of halogens is 1. The average molecular weight is 266 g/mol. The zero-order valence-corrected chi connectivity index (χ0v) is 11.7. The number of piperazine rings is 1. The number of phenols is 1. The van der Waals surface area contributed by atoms with Crippen molar-refractivity contribution >= 4 is 0 Å². The van der Waals surface area contributed by atoms with Crippen LogP contribution < -0.4 is 5.32 Å². The Morgan fingerprint density at radius 3 is 2.63 bits per heavy atom. The number of hydrogen-bond donors (Lipinski definition) is 2. The minimum Gasteiger partial charge on any atom is -0.505 e. The highest BCUT2D eigenvalue weighted by atomic mass is 19.1. The molecule has 1 aromatic rings. The van der Waals surface area contributed by atoms with E-state index in [1.165, 1.54) is 6.07 Å². The number of nitrogens with zero attached hydrogens (tertiary/aromatic N) is 1. The summed E-state index contributed by atoms with van der Waals surface area (Å²) < 4.78 is 13.6. The zero-order valence-electron chi connectivity index (χ0n) is 11.7. The third kappa shape index (κ3) is 3.45. The molecule has 1 fully saturated rings. The van der Waals surface area contributed by atoms with E-state index < -0.39 is 5.82 Å². The van der Waals surface area contributed by atoms with Crippen molar-refractivity contribution in [1.29, 1.82) is 0 Å². The summed E-state index contributed by atoms with van der Waals surface area (Å²) >= 11 is 0. The summed E-state index contributed by atoms with van der Waals surface area (Å²) in [5.74, 6) is -0.212. The van der Waals surface area contributed by atoms with Gasteiger partial charge in [-0.1, -0.05) is 26.0 Å². The molecule has 0 aliphatic carbocycles. The number of nitrogens with one attached hydrogen (secondary N) is 1. The Hall–Kier alpha value is -1.13. The lowest BCUT2D eigenvalue weighted by molar-refractivity contribution is 0.151. The molecular weight excluding hydrogens is 243 g/mol. The van der Waals surface area contributed by atoms with Crippen LogP contribution in [-0.2, 0) is 0 Å². The van der Waals surface area contributed by atoms with Crippen molar-refractivity contribution in [3.63, 3.8) is 0 Å². The maximum atomic E-state index is 13.6. The largest absolute Gasteiger partial charge is 0.505 e. The van der Waals surface area contributed by atoms with Gasteiger partial charge in [-0.15, -0.1) is 0 Å². The van der Waals surface area contributed by atoms with Crippen molar-refractivity contribution < 1.29 is 9.50 Å². The summed E-state index contributed by atoms with van der Waals surface area (Å²) in [4.78, 5) is 2.34. The van der Waals surface area contributed by atoms with Crippen molar-refractivity contribution in [2.45, 2.75) is 26.3 Å². The minimum atomic E-state index is -0.526. The Balaban J connectivity index is 2.27. The van der Waals surface area contributed by atoms with E-state index in [9.17, 15) is 9.50 Å². The number of benzene rings is 1. The summed E-state index contributed by atoms with van der Waals surface area (Å²) in [5.41, 5.74) is 0.718. The first-order valence-corrected chi connectivity index (χ1v) is 7.01. The van der Waals surface area contributed by atoms with Gasteiger partial charge in [0.25, 0.3) is 0 Å². The second-order valence-electron chi connectivity index (χ2n) is 5.61. The van der Waals surface area contributed by atoms with E-state index in [0.717, 1.165) is 38.2 Å². The van der Waals surface area contributed by atoms with Crippen molar-refractivity contribution in [3.05, 3.63) is 29.6 Å². The maximum Gasteiger partial charge on any atom is 0.165 e. The normalized spacial score (nSPS) is 18.7. The molecule has 2 rings (SSSR count). The highest BCUT2D eigenvalue weighted by Gasteiger charge is 2.26. The summed E-state index contributed by atoms with van der Waals surface area (Å²) in [7, 11) is 0. The first-order valence-electron chi connectivity index (χ1n) is 7.01. The van der Waals surface area contributed by atoms with E-state index in [0.29, 0.717) is 5.92 Å². The minimum absolute atomic E-state index is 0.0952. The van der Waals surface area contributed by atoms with Gasteiger partial charge >= 0.3 is 0 Å². The highest BCUT2D eigenvalue weighted by molar-refractivity contribution is 5.36. The van der Waals surface area contributed by atoms with Crippen LogP contribution in [0.25, 0.3) is 0 Å². The standard InChI is InChI=1S/C15H23FN2O/c1-11(2)10-14(18-8-6-17-7-9-18)12-4-3-5-13(16)15(12)19/h3-5,11,14,17,19H,6-10H2,1-2H3/t14-/m0/s1. The molecule has 0 amide bonds. The van der Waals surface area contributed by atoms with Crippen LogP contribution in [0.15, 0.2) is 18.2 Å². The van der Waals surface area contributed by atoms with Crippen LogP contribution in [0.5, 0.6) is 5.75 Å². The van der Waals surface area contributed by atoms with Gasteiger partial charge < -0.3 is 10.4 Å². The van der Waals surface area contributed by atoms with Gasteiger partial charge in [0.1, 0.15) is 0 Å². The van der Waals surface area contributed by atoms with Crippen LogP contribution in [0.3, 0.4) is 0 Å². The maximum absolute atomic E-state index is 13.6. The predicted octanol–water partition coefficient (Wildman–Crippen LogP) is 2.52. The van der Waals surface area contributed by atoms with Crippen molar-refractivity contribution in [2.24, 2.45) is 5.92 Å². The summed E-state index contributed by atoms with van der Waals surface area (Å²) in [6.07, 6.45) is 0.928.